The summed E-state index contributed by atoms with van der Waals surface area (Å²) >= 11 is 0. The van der Waals surface area contributed by atoms with Crippen LogP contribution in [0.4, 0.5) is 5.69 Å². The summed E-state index contributed by atoms with van der Waals surface area (Å²) in [5.41, 5.74) is 6.69. The van der Waals surface area contributed by atoms with Crippen molar-refractivity contribution >= 4 is 11.7 Å². The highest BCUT2D eigenvalue weighted by Gasteiger charge is 2.09. The van der Waals surface area contributed by atoms with Gasteiger partial charge in [0.25, 0.3) is 0 Å². The molecule has 1 rings (SSSR count). The van der Waals surface area contributed by atoms with E-state index < -0.39 is 0 Å². The van der Waals surface area contributed by atoms with Gasteiger partial charge in [-0.05, 0) is 37.6 Å². The van der Waals surface area contributed by atoms with Crippen molar-refractivity contribution in [3.63, 3.8) is 0 Å². The number of hydrogen-bond acceptors (Lipinski definition) is 3. The van der Waals surface area contributed by atoms with Crippen molar-refractivity contribution in [1.82, 2.24) is 0 Å². The van der Waals surface area contributed by atoms with Crippen molar-refractivity contribution in [3.05, 3.63) is 29.8 Å². The first-order valence-electron chi connectivity index (χ1n) is 4.70. The fraction of sp³-hybridized carbons (Fsp3) is 0.364. The van der Waals surface area contributed by atoms with Crippen molar-refractivity contribution in [1.29, 1.82) is 0 Å². The Morgan fingerprint density at radius 2 is 2.00 bits per heavy atom. The molecule has 76 valence electrons. The van der Waals surface area contributed by atoms with Crippen LogP contribution in [0.5, 0.6) is 0 Å². The van der Waals surface area contributed by atoms with Gasteiger partial charge >= 0.3 is 5.97 Å². The van der Waals surface area contributed by atoms with E-state index in [1.807, 2.05) is 13.8 Å². The van der Waals surface area contributed by atoms with Crippen molar-refractivity contribution < 1.29 is 9.53 Å². The molecule has 0 aromatic heterocycles. The van der Waals surface area contributed by atoms with Crippen molar-refractivity contribution in [2.45, 2.75) is 26.4 Å². The first kappa shape index (κ1) is 10.6. The highest BCUT2D eigenvalue weighted by Crippen LogP contribution is 2.08. The van der Waals surface area contributed by atoms with E-state index in [-0.39, 0.29) is 12.1 Å². The molecule has 1 atom stereocenters. The van der Waals surface area contributed by atoms with E-state index in [9.17, 15) is 4.79 Å². The highest BCUT2D eigenvalue weighted by atomic mass is 16.5. The lowest BCUT2D eigenvalue weighted by Crippen LogP contribution is -2.13. The van der Waals surface area contributed by atoms with E-state index >= 15 is 0 Å². The maximum Gasteiger partial charge on any atom is 0.338 e. The predicted octanol–water partition coefficient (Wildman–Crippen LogP) is 2.22. The molecule has 0 bridgehead atoms. The van der Waals surface area contributed by atoms with Crippen molar-refractivity contribution in [3.8, 4) is 0 Å². The molecular formula is C11H15NO2. The smallest absolute Gasteiger partial charge is 0.338 e. The summed E-state index contributed by atoms with van der Waals surface area (Å²) in [4.78, 5) is 11.5. The molecule has 1 aromatic carbocycles. The predicted molar refractivity (Wildman–Crippen MR) is 56.0 cm³/mol. The van der Waals surface area contributed by atoms with Gasteiger partial charge in [-0.25, -0.2) is 4.79 Å². The third kappa shape index (κ3) is 2.76. The van der Waals surface area contributed by atoms with Crippen molar-refractivity contribution in [2.75, 3.05) is 5.73 Å². The Hall–Kier alpha value is -1.51. The third-order valence-electron chi connectivity index (χ3n) is 2.03. The molecule has 0 amide bonds. The SMILES string of the molecule is CCC(C)OC(=O)c1ccc(N)cc1. The largest absolute Gasteiger partial charge is 0.459 e. The highest BCUT2D eigenvalue weighted by molar-refractivity contribution is 5.89. The minimum Gasteiger partial charge on any atom is -0.459 e. The molecule has 1 unspecified atom stereocenters. The Morgan fingerprint density at radius 3 is 2.50 bits per heavy atom. The molecule has 0 fully saturated rings. The molecule has 0 aliphatic heterocycles. The van der Waals surface area contributed by atoms with Crippen LogP contribution in [-0.2, 0) is 4.74 Å². The van der Waals surface area contributed by atoms with Gasteiger partial charge in [0.2, 0.25) is 0 Å². The van der Waals surface area contributed by atoms with Gasteiger partial charge in [-0.15, -0.1) is 0 Å². The summed E-state index contributed by atoms with van der Waals surface area (Å²) < 4.78 is 5.15. The van der Waals surface area contributed by atoms with E-state index in [1.54, 1.807) is 24.3 Å². The molecule has 14 heavy (non-hydrogen) atoms. The normalized spacial score (nSPS) is 12.1. The van der Waals surface area contributed by atoms with Crippen LogP contribution in [0.1, 0.15) is 30.6 Å². The number of carbonyl (C=O) groups excluding carboxylic acids is 1. The number of hydrogen-bond donors (Lipinski definition) is 1. The van der Waals surface area contributed by atoms with Gasteiger partial charge in [0.1, 0.15) is 0 Å². The number of benzene rings is 1. The van der Waals surface area contributed by atoms with Gasteiger partial charge in [0, 0.05) is 5.69 Å². The van der Waals surface area contributed by atoms with Crippen LogP contribution >= 0.6 is 0 Å². The fourth-order valence-corrected chi connectivity index (χ4v) is 0.953. The molecule has 0 saturated heterocycles. The number of nitrogen functional groups attached to an aromatic ring is 1. The van der Waals surface area contributed by atoms with Gasteiger partial charge in [-0.3, -0.25) is 0 Å². The first-order chi connectivity index (χ1) is 6.63. The minimum absolute atomic E-state index is 0.0416. The van der Waals surface area contributed by atoms with E-state index in [4.69, 9.17) is 10.5 Å². The number of esters is 1. The molecule has 0 aliphatic rings. The number of ether oxygens (including phenoxy) is 1. The van der Waals surface area contributed by atoms with E-state index in [2.05, 4.69) is 0 Å². The molecule has 0 aliphatic carbocycles. The van der Waals surface area contributed by atoms with E-state index in [0.29, 0.717) is 11.3 Å². The van der Waals surface area contributed by atoms with Gasteiger partial charge in [-0.2, -0.15) is 0 Å². The monoisotopic (exact) mass is 193 g/mol. The van der Waals surface area contributed by atoms with E-state index in [0.717, 1.165) is 6.42 Å². The molecule has 0 radical (unpaired) electrons. The van der Waals surface area contributed by atoms with Crippen LogP contribution in [-0.4, -0.2) is 12.1 Å². The maximum atomic E-state index is 11.5. The molecule has 0 saturated carbocycles. The Balaban J connectivity index is 2.65. The topological polar surface area (TPSA) is 52.3 Å². The Kier molecular flexibility index (Phi) is 3.51. The second-order valence-corrected chi connectivity index (χ2v) is 3.25. The van der Waals surface area contributed by atoms with Gasteiger partial charge in [0.05, 0.1) is 11.7 Å². The zero-order valence-electron chi connectivity index (χ0n) is 8.49. The second kappa shape index (κ2) is 4.65. The lowest BCUT2D eigenvalue weighted by molar-refractivity contribution is 0.0334. The summed E-state index contributed by atoms with van der Waals surface area (Å²) in [6.45, 7) is 3.84. The number of carbonyl (C=O) groups is 1. The van der Waals surface area contributed by atoms with Gasteiger partial charge < -0.3 is 10.5 Å². The molecule has 1 aromatic rings. The molecular weight excluding hydrogens is 178 g/mol. The van der Waals surface area contributed by atoms with Crippen LogP contribution in [0.3, 0.4) is 0 Å². The summed E-state index contributed by atoms with van der Waals surface area (Å²) in [6.07, 6.45) is 0.779. The quantitative estimate of drug-likeness (QED) is 0.591. The lowest BCUT2D eigenvalue weighted by atomic mass is 10.2. The molecule has 0 heterocycles. The third-order valence-corrected chi connectivity index (χ3v) is 2.03. The molecule has 3 nitrogen and oxygen atoms in total. The summed E-state index contributed by atoms with van der Waals surface area (Å²) in [7, 11) is 0. The van der Waals surface area contributed by atoms with Crippen LogP contribution in [0, 0.1) is 0 Å². The summed E-state index contributed by atoms with van der Waals surface area (Å²) in [5, 5.41) is 0. The second-order valence-electron chi connectivity index (χ2n) is 3.25. The standard InChI is InChI=1S/C11H15NO2/c1-3-8(2)14-11(13)9-4-6-10(12)7-5-9/h4-8H,3,12H2,1-2H3. The maximum absolute atomic E-state index is 11.5. The number of nitrogens with two attached hydrogens (primary N) is 1. The van der Waals surface area contributed by atoms with Crippen LogP contribution in [0.15, 0.2) is 24.3 Å². The Labute approximate surface area is 83.9 Å². The Bertz CT molecular complexity index is 306. The fourth-order valence-electron chi connectivity index (χ4n) is 0.953. The average molecular weight is 193 g/mol. The lowest BCUT2D eigenvalue weighted by Gasteiger charge is -2.10. The van der Waals surface area contributed by atoms with Crippen molar-refractivity contribution in [2.24, 2.45) is 0 Å². The van der Waals surface area contributed by atoms with Gasteiger partial charge in [0.15, 0.2) is 0 Å². The first-order valence-corrected chi connectivity index (χ1v) is 4.70. The summed E-state index contributed by atoms with van der Waals surface area (Å²) in [5.74, 6) is -0.292. The molecule has 0 spiro atoms. The average Bonchev–Trinajstić information content (AvgIpc) is 2.18. The summed E-state index contributed by atoms with van der Waals surface area (Å²) in [6, 6.07) is 6.71. The van der Waals surface area contributed by atoms with Crippen LogP contribution in [0.2, 0.25) is 0 Å². The number of rotatable bonds is 3. The molecule has 2 N–H and O–H groups in total. The zero-order valence-corrected chi connectivity index (χ0v) is 8.49. The minimum atomic E-state index is -0.292. The van der Waals surface area contributed by atoms with Crippen LogP contribution < -0.4 is 5.73 Å². The Morgan fingerprint density at radius 1 is 1.43 bits per heavy atom. The zero-order chi connectivity index (χ0) is 10.6. The molecule has 3 heteroatoms. The number of anilines is 1. The van der Waals surface area contributed by atoms with Gasteiger partial charge in [-0.1, -0.05) is 6.92 Å². The van der Waals surface area contributed by atoms with Crippen LogP contribution in [0.25, 0.3) is 0 Å². The van der Waals surface area contributed by atoms with E-state index in [1.165, 1.54) is 0 Å².